The van der Waals surface area contributed by atoms with Gasteiger partial charge in [-0.15, -0.1) is 0 Å². The van der Waals surface area contributed by atoms with Crippen LogP contribution < -0.4 is 4.74 Å². The predicted molar refractivity (Wildman–Crippen MR) is 72.2 cm³/mol. The number of likely N-dealkylation sites (tertiary alicyclic amines) is 1. The number of rotatable bonds is 6. The molecule has 1 aliphatic rings. The third-order valence-electron chi connectivity index (χ3n) is 3.32. The summed E-state index contributed by atoms with van der Waals surface area (Å²) in [5.41, 5.74) is 0.687. The van der Waals surface area contributed by atoms with Crippen LogP contribution in [-0.4, -0.2) is 37.4 Å². The summed E-state index contributed by atoms with van der Waals surface area (Å²) in [6.07, 6.45) is 3.52. The number of aldehydes is 1. The molecular weight excluding hydrogens is 226 g/mol. The fraction of sp³-hybridized carbons (Fsp3) is 0.533. The fourth-order valence-corrected chi connectivity index (χ4v) is 2.34. The first-order chi connectivity index (χ1) is 8.78. The van der Waals surface area contributed by atoms with Gasteiger partial charge in [-0.2, -0.15) is 0 Å². The Hall–Kier alpha value is -1.35. The molecule has 1 saturated heterocycles. The van der Waals surface area contributed by atoms with E-state index in [9.17, 15) is 4.79 Å². The molecule has 2 rings (SSSR count). The molecule has 0 N–H and O–H groups in total. The average molecular weight is 247 g/mol. The zero-order valence-electron chi connectivity index (χ0n) is 11.0. The van der Waals surface area contributed by atoms with Gasteiger partial charge in [0.1, 0.15) is 12.0 Å². The van der Waals surface area contributed by atoms with Gasteiger partial charge in [-0.25, -0.2) is 0 Å². The molecule has 0 radical (unpaired) electrons. The quantitative estimate of drug-likeness (QED) is 0.724. The first-order valence-electron chi connectivity index (χ1n) is 6.68. The maximum absolute atomic E-state index is 10.5. The standard InChI is InChI=1S/C15H21NO2/c1-13(10-16-8-2-3-9-16)12-18-15-6-4-14(11-17)5-7-15/h4-7,11,13H,2-3,8-10,12H2,1H3. The van der Waals surface area contributed by atoms with Crippen molar-refractivity contribution in [1.82, 2.24) is 4.90 Å². The van der Waals surface area contributed by atoms with E-state index in [2.05, 4.69) is 11.8 Å². The van der Waals surface area contributed by atoms with Gasteiger partial charge >= 0.3 is 0 Å². The first kappa shape index (κ1) is 13.1. The van der Waals surface area contributed by atoms with Crippen LogP contribution in [0.3, 0.4) is 0 Å². The Morgan fingerprint density at radius 3 is 2.56 bits per heavy atom. The van der Waals surface area contributed by atoms with Gasteiger partial charge in [0, 0.05) is 18.0 Å². The molecule has 0 spiro atoms. The highest BCUT2D eigenvalue weighted by Gasteiger charge is 2.14. The predicted octanol–water partition coefficient (Wildman–Crippen LogP) is 2.61. The molecule has 3 heteroatoms. The number of nitrogens with zero attached hydrogens (tertiary/aromatic N) is 1. The van der Waals surface area contributed by atoms with Crippen LogP contribution in [0.5, 0.6) is 5.75 Å². The van der Waals surface area contributed by atoms with Crippen molar-refractivity contribution in [3.05, 3.63) is 29.8 Å². The van der Waals surface area contributed by atoms with Gasteiger partial charge in [-0.3, -0.25) is 4.79 Å². The molecule has 1 unspecified atom stereocenters. The molecule has 1 aromatic carbocycles. The lowest BCUT2D eigenvalue weighted by Crippen LogP contribution is -2.28. The number of benzene rings is 1. The lowest BCUT2D eigenvalue weighted by molar-refractivity contribution is 0.112. The van der Waals surface area contributed by atoms with Crippen molar-refractivity contribution in [2.75, 3.05) is 26.2 Å². The van der Waals surface area contributed by atoms with Gasteiger partial charge in [0.25, 0.3) is 0 Å². The number of carbonyl (C=O) groups is 1. The highest BCUT2D eigenvalue weighted by molar-refractivity contribution is 5.74. The van der Waals surface area contributed by atoms with Gasteiger partial charge < -0.3 is 9.64 Å². The zero-order valence-corrected chi connectivity index (χ0v) is 11.0. The Morgan fingerprint density at radius 1 is 1.28 bits per heavy atom. The third kappa shape index (κ3) is 3.84. The lowest BCUT2D eigenvalue weighted by Gasteiger charge is -2.20. The summed E-state index contributed by atoms with van der Waals surface area (Å²) in [6, 6.07) is 7.28. The largest absolute Gasteiger partial charge is 0.493 e. The Labute approximate surface area is 109 Å². The van der Waals surface area contributed by atoms with Crippen LogP contribution in [-0.2, 0) is 0 Å². The lowest BCUT2D eigenvalue weighted by atomic mass is 10.2. The van der Waals surface area contributed by atoms with Gasteiger partial charge in [-0.1, -0.05) is 6.92 Å². The summed E-state index contributed by atoms with van der Waals surface area (Å²) in [6.45, 7) is 6.54. The van der Waals surface area contributed by atoms with Gasteiger partial charge in [0.15, 0.2) is 0 Å². The maximum Gasteiger partial charge on any atom is 0.150 e. The monoisotopic (exact) mass is 247 g/mol. The smallest absolute Gasteiger partial charge is 0.150 e. The molecule has 1 heterocycles. The highest BCUT2D eigenvalue weighted by atomic mass is 16.5. The van der Waals surface area contributed by atoms with Crippen LogP contribution >= 0.6 is 0 Å². The van der Waals surface area contributed by atoms with Gasteiger partial charge in [0.05, 0.1) is 6.61 Å². The molecule has 1 aromatic rings. The van der Waals surface area contributed by atoms with E-state index in [1.54, 1.807) is 12.1 Å². The summed E-state index contributed by atoms with van der Waals surface area (Å²) in [4.78, 5) is 13.0. The van der Waals surface area contributed by atoms with E-state index in [-0.39, 0.29) is 0 Å². The molecule has 0 saturated carbocycles. The Kier molecular flexibility index (Phi) is 4.76. The van der Waals surface area contributed by atoms with Crippen molar-refractivity contribution in [3.8, 4) is 5.75 Å². The number of ether oxygens (including phenoxy) is 1. The summed E-state index contributed by atoms with van der Waals surface area (Å²) in [5.74, 6) is 1.38. The summed E-state index contributed by atoms with van der Waals surface area (Å²) >= 11 is 0. The Morgan fingerprint density at radius 2 is 1.94 bits per heavy atom. The van der Waals surface area contributed by atoms with Crippen molar-refractivity contribution >= 4 is 6.29 Å². The first-order valence-corrected chi connectivity index (χ1v) is 6.68. The molecule has 0 amide bonds. The average Bonchev–Trinajstić information content (AvgIpc) is 2.90. The zero-order chi connectivity index (χ0) is 12.8. The minimum atomic E-state index is 0.536. The SMILES string of the molecule is CC(COc1ccc(C=O)cc1)CN1CCCC1. The topological polar surface area (TPSA) is 29.5 Å². The third-order valence-corrected chi connectivity index (χ3v) is 3.32. The number of carbonyl (C=O) groups excluding carboxylic acids is 1. The van der Waals surface area contributed by atoms with Crippen molar-refractivity contribution in [2.45, 2.75) is 19.8 Å². The molecular formula is C15H21NO2. The maximum atomic E-state index is 10.5. The molecule has 3 nitrogen and oxygen atoms in total. The van der Waals surface area contributed by atoms with Crippen molar-refractivity contribution in [1.29, 1.82) is 0 Å². The minimum absolute atomic E-state index is 0.536. The molecule has 1 fully saturated rings. The van der Waals surface area contributed by atoms with Crippen molar-refractivity contribution in [3.63, 3.8) is 0 Å². The van der Waals surface area contributed by atoms with E-state index in [0.29, 0.717) is 11.5 Å². The van der Waals surface area contributed by atoms with Gasteiger partial charge in [0.2, 0.25) is 0 Å². The molecule has 0 bridgehead atoms. The van der Waals surface area contributed by atoms with Crippen molar-refractivity contribution in [2.24, 2.45) is 5.92 Å². The van der Waals surface area contributed by atoms with E-state index in [1.165, 1.54) is 25.9 Å². The van der Waals surface area contributed by atoms with E-state index in [1.807, 2.05) is 12.1 Å². The second-order valence-corrected chi connectivity index (χ2v) is 5.11. The second-order valence-electron chi connectivity index (χ2n) is 5.11. The van der Waals surface area contributed by atoms with E-state index >= 15 is 0 Å². The van der Waals surface area contributed by atoms with Gasteiger partial charge in [-0.05, 0) is 50.2 Å². The minimum Gasteiger partial charge on any atom is -0.493 e. The normalized spacial score (nSPS) is 17.6. The highest BCUT2D eigenvalue weighted by Crippen LogP contribution is 2.14. The summed E-state index contributed by atoms with van der Waals surface area (Å²) < 4.78 is 5.73. The summed E-state index contributed by atoms with van der Waals surface area (Å²) in [7, 11) is 0. The van der Waals surface area contributed by atoms with Crippen LogP contribution in [0.15, 0.2) is 24.3 Å². The molecule has 1 aliphatic heterocycles. The van der Waals surface area contributed by atoms with E-state index < -0.39 is 0 Å². The Balaban J connectivity index is 1.73. The van der Waals surface area contributed by atoms with Crippen LogP contribution in [0.25, 0.3) is 0 Å². The molecule has 0 aliphatic carbocycles. The molecule has 1 atom stereocenters. The van der Waals surface area contributed by atoms with E-state index in [4.69, 9.17) is 4.74 Å². The number of hydrogen-bond donors (Lipinski definition) is 0. The molecule has 0 aromatic heterocycles. The summed E-state index contributed by atoms with van der Waals surface area (Å²) in [5, 5.41) is 0. The second kappa shape index (κ2) is 6.55. The van der Waals surface area contributed by atoms with E-state index in [0.717, 1.165) is 25.2 Å². The van der Waals surface area contributed by atoms with Crippen LogP contribution in [0.1, 0.15) is 30.1 Å². The molecule has 98 valence electrons. The number of hydrogen-bond acceptors (Lipinski definition) is 3. The fourth-order valence-electron chi connectivity index (χ4n) is 2.34. The van der Waals surface area contributed by atoms with Crippen LogP contribution in [0, 0.1) is 5.92 Å². The molecule has 18 heavy (non-hydrogen) atoms. The Bertz CT molecular complexity index is 369. The van der Waals surface area contributed by atoms with Crippen molar-refractivity contribution < 1.29 is 9.53 Å². The van der Waals surface area contributed by atoms with Crippen LogP contribution in [0.4, 0.5) is 0 Å². The van der Waals surface area contributed by atoms with Crippen LogP contribution in [0.2, 0.25) is 0 Å².